The molecule has 0 saturated heterocycles. The van der Waals surface area contributed by atoms with Crippen LogP contribution >= 0.6 is 0 Å². The fourth-order valence-electron chi connectivity index (χ4n) is 2.09. The molecule has 18 heavy (non-hydrogen) atoms. The highest BCUT2D eigenvalue weighted by Gasteiger charge is 2.03. The molecular formula is C16H12O2. The van der Waals surface area contributed by atoms with Crippen LogP contribution in [0.15, 0.2) is 63.8 Å². The van der Waals surface area contributed by atoms with E-state index in [4.69, 9.17) is 4.42 Å². The summed E-state index contributed by atoms with van der Waals surface area (Å²) in [6.07, 6.45) is 0. The van der Waals surface area contributed by atoms with Gasteiger partial charge in [0.1, 0.15) is 11.5 Å². The number of rotatable bonds is 1. The van der Waals surface area contributed by atoms with Gasteiger partial charge in [0, 0.05) is 17.7 Å². The molecule has 0 fully saturated rings. The number of hydrogen-bond donors (Lipinski definition) is 0. The summed E-state index contributed by atoms with van der Waals surface area (Å²) in [6.45, 7) is 1.78. The first-order chi connectivity index (χ1) is 8.72. The van der Waals surface area contributed by atoms with Crippen molar-refractivity contribution in [1.82, 2.24) is 0 Å². The van der Waals surface area contributed by atoms with E-state index >= 15 is 0 Å². The first kappa shape index (κ1) is 10.8. The van der Waals surface area contributed by atoms with E-state index in [1.165, 1.54) is 17.5 Å². The number of hydrogen-bond acceptors (Lipinski definition) is 2. The maximum absolute atomic E-state index is 11.5. The lowest BCUT2D eigenvalue weighted by Gasteiger charge is -2.04. The molecule has 2 aromatic carbocycles. The summed E-state index contributed by atoms with van der Waals surface area (Å²) in [5, 5.41) is 2.32. The van der Waals surface area contributed by atoms with Gasteiger partial charge in [-0.15, -0.1) is 0 Å². The minimum Gasteiger partial charge on any atom is -0.461 e. The first-order valence-corrected chi connectivity index (χ1v) is 5.83. The fraction of sp³-hybridized carbons (Fsp3) is 0.0625. The monoisotopic (exact) mass is 236 g/mol. The van der Waals surface area contributed by atoms with Gasteiger partial charge >= 0.3 is 0 Å². The molecule has 0 aliphatic rings. The lowest BCUT2D eigenvalue weighted by Crippen LogP contribution is -1.98. The number of benzene rings is 2. The van der Waals surface area contributed by atoms with Gasteiger partial charge in [-0.3, -0.25) is 4.79 Å². The standard InChI is InChI=1S/C16H12O2/c1-11-8-15(17)10-16(18-11)14-7-6-12-4-2-3-5-13(12)9-14/h2-10H,1H3. The Balaban J connectivity index is 2.22. The highest BCUT2D eigenvalue weighted by Crippen LogP contribution is 2.23. The van der Waals surface area contributed by atoms with Gasteiger partial charge in [-0.1, -0.05) is 36.4 Å². The molecule has 0 radical (unpaired) electrons. The Morgan fingerprint density at radius 1 is 0.889 bits per heavy atom. The van der Waals surface area contributed by atoms with Crippen molar-refractivity contribution in [2.24, 2.45) is 0 Å². The maximum atomic E-state index is 11.5. The van der Waals surface area contributed by atoms with Gasteiger partial charge in [-0.2, -0.15) is 0 Å². The van der Waals surface area contributed by atoms with Crippen molar-refractivity contribution in [2.75, 3.05) is 0 Å². The van der Waals surface area contributed by atoms with Gasteiger partial charge in [0.05, 0.1) is 0 Å². The third-order valence-corrected chi connectivity index (χ3v) is 2.92. The van der Waals surface area contributed by atoms with Gasteiger partial charge in [-0.25, -0.2) is 0 Å². The van der Waals surface area contributed by atoms with Crippen molar-refractivity contribution in [3.05, 3.63) is 70.6 Å². The largest absolute Gasteiger partial charge is 0.461 e. The first-order valence-electron chi connectivity index (χ1n) is 5.83. The van der Waals surface area contributed by atoms with E-state index in [1.54, 1.807) is 6.92 Å². The van der Waals surface area contributed by atoms with Crippen LogP contribution in [-0.4, -0.2) is 0 Å². The average Bonchev–Trinajstić information content (AvgIpc) is 2.37. The molecule has 0 spiro atoms. The Morgan fingerprint density at radius 2 is 1.67 bits per heavy atom. The van der Waals surface area contributed by atoms with E-state index in [0.717, 1.165) is 10.9 Å². The molecule has 2 heteroatoms. The fourth-order valence-corrected chi connectivity index (χ4v) is 2.09. The van der Waals surface area contributed by atoms with Gasteiger partial charge in [0.2, 0.25) is 0 Å². The van der Waals surface area contributed by atoms with E-state index in [0.29, 0.717) is 11.5 Å². The molecule has 1 heterocycles. The second-order valence-corrected chi connectivity index (χ2v) is 4.33. The summed E-state index contributed by atoms with van der Waals surface area (Å²) >= 11 is 0. The molecule has 0 N–H and O–H groups in total. The topological polar surface area (TPSA) is 30.2 Å². The molecule has 0 amide bonds. The minimum atomic E-state index is -0.0260. The lowest BCUT2D eigenvalue weighted by atomic mass is 10.1. The summed E-state index contributed by atoms with van der Waals surface area (Å²) < 4.78 is 5.59. The molecule has 88 valence electrons. The molecule has 0 saturated carbocycles. The molecule has 0 unspecified atom stereocenters. The van der Waals surface area contributed by atoms with E-state index < -0.39 is 0 Å². The summed E-state index contributed by atoms with van der Waals surface area (Å²) in [5.74, 6) is 1.25. The van der Waals surface area contributed by atoms with E-state index in [-0.39, 0.29) is 5.43 Å². The SMILES string of the molecule is Cc1cc(=O)cc(-c2ccc3ccccc3c2)o1. The van der Waals surface area contributed by atoms with Crippen molar-refractivity contribution >= 4 is 10.8 Å². The van der Waals surface area contributed by atoms with Crippen LogP contribution in [0.5, 0.6) is 0 Å². The predicted molar refractivity (Wildman–Crippen MR) is 72.7 cm³/mol. The van der Waals surface area contributed by atoms with Crippen molar-refractivity contribution < 1.29 is 4.42 Å². The molecule has 0 aliphatic carbocycles. The van der Waals surface area contributed by atoms with Gasteiger partial charge in [0.25, 0.3) is 0 Å². The molecule has 0 aliphatic heterocycles. The van der Waals surface area contributed by atoms with E-state index in [9.17, 15) is 4.79 Å². The zero-order valence-electron chi connectivity index (χ0n) is 10.0. The van der Waals surface area contributed by atoms with Crippen molar-refractivity contribution in [3.63, 3.8) is 0 Å². The molecule has 0 atom stereocenters. The van der Waals surface area contributed by atoms with Crippen LogP contribution in [0.2, 0.25) is 0 Å². The lowest BCUT2D eigenvalue weighted by molar-refractivity contribution is 0.530. The molecule has 3 aromatic rings. The van der Waals surface area contributed by atoms with Gasteiger partial charge in [0.15, 0.2) is 5.43 Å². The van der Waals surface area contributed by atoms with Crippen molar-refractivity contribution in [1.29, 1.82) is 0 Å². The molecule has 2 nitrogen and oxygen atoms in total. The normalized spacial score (nSPS) is 10.7. The molecule has 0 bridgehead atoms. The highest BCUT2D eigenvalue weighted by atomic mass is 16.3. The average molecular weight is 236 g/mol. The molecule has 1 aromatic heterocycles. The zero-order valence-corrected chi connectivity index (χ0v) is 10.0. The quantitative estimate of drug-likeness (QED) is 0.643. The number of fused-ring (bicyclic) bond motifs is 1. The Bertz CT molecular complexity index is 769. The number of aryl methyl sites for hydroxylation is 1. The zero-order chi connectivity index (χ0) is 12.5. The van der Waals surface area contributed by atoms with Gasteiger partial charge < -0.3 is 4.42 Å². The second kappa shape index (κ2) is 4.15. The molecule has 3 rings (SSSR count). The predicted octanol–water partition coefficient (Wildman–Crippen LogP) is 3.77. The Labute approximate surface area is 105 Å². The van der Waals surface area contributed by atoms with Crippen molar-refractivity contribution in [2.45, 2.75) is 6.92 Å². The van der Waals surface area contributed by atoms with Gasteiger partial charge in [-0.05, 0) is 23.8 Å². The second-order valence-electron chi connectivity index (χ2n) is 4.33. The Kier molecular flexibility index (Phi) is 2.49. The van der Waals surface area contributed by atoms with E-state index in [2.05, 4.69) is 6.07 Å². The van der Waals surface area contributed by atoms with Crippen LogP contribution in [-0.2, 0) is 0 Å². The summed E-state index contributed by atoms with van der Waals surface area (Å²) in [4.78, 5) is 11.5. The minimum absolute atomic E-state index is 0.0260. The molecular weight excluding hydrogens is 224 g/mol. The van der Waals surface area contributed by atoms with Crippen LogP contribution in [0.25, 0.3) is 22.1 Å². The summed E-state index contributed by atoms with van der Waals surface area (Å²) in [5.41, 5.74) is 0.899. The smallest absolute Gasteiger partial charge is 0.185 e. The highest BCUT2D eigenvalue weighted by molar-refractivity contribution is 5.86. The summed E-state index contributed by atoms with van der Waals surface area (Å²) in [7, 11) is 0. The van der Waals surface area contributed by atoms with Crippen LogP contribution in [0.3, 0.4) is 0 Å². The third-order valence-electron chi connectivity index (χ3n) is 2.92. The maximum Gasteiger partial charge on any atom is 0.185 e. The Morgan fingerprint density at radius 3 is 2.44 bits per heavy atom. The van der Waals surface area contributed by atoms with Crippen LogP contribution in [0, 0.1) is 6.92 Å². The summed E-state index contributed by atoms with van der Waals surface area (Å²) in [6, 6.07) is 17.2. The van der Waals surface area contributed by atoms with E-state index in [1.807, 2.05) is 36.4 Å². The Hall–Kier alpha value is -2.35. The van der Waals surface area contributed by atoms with Crippen LogP contribution in [0.1, 0.15) is 5.76 Å². The van der Waals surface area contributed by atoms with Crippen LogP contribution < -0.4 is 5.43 Å². The third kappa shape index (κ3) is 1.93. The van der Waals surface area contributed by atoms with Crippen LogP contribution in [0.4, 0.5) is 0 Å². The van der Waals surface area contributed by atoms with Crippen molar-refractivity contribution in [3.8, 4) is 11.3 Å².